The zero-order valence-electron chi connectivity index (χ0n) is 13.6. The molecule has 0 bridgehead atoms. The highest BCUT2D eigenvalue weighted by atomic mass is 15.1. The van der Waals surface area contributed by atoms with Crippen molar-refractivity contribution in [2.75, 3.05) is 29.9 Å². The van der Waals surface area contributed by atoms with Gasteiger partial charge in [0.15, 0.2) is 0 Å². The molecule has 0 aromatic heterocycles. The molecule has 0 aliphatic carbocycles. The summed E-state index contributed by atoms with van der Waals surface area (Å²) in [6, 6.07) is 9.09. The van der Waals surface area contributed by atoms with Crippen LogP contribution in [0.3, 0.4) is 0 Å². The summed E-state index contributed by atoms with van der Waals surface area (Å²) in [6.45, 7) is 7.80. The van der Waals surface area contributed by atoms with Crippen LogP contribution in [0.25, 0.3) is 0 Å². The number of hydrogen-bond acceptors (Lipinski definition) is 3. The smallest absolute Gasteiger partial charge is 0.0367 e. The minimum atomic E-state index is 0.257. The number of piperidine rings is 1. The predicted octanol–water partition coefficient (Wildman–Crippen LogP) is 3.85. The van der Waals surface area contributed by atoms with Gasteiger partial charge < -0.3 is 16.0 Å². The lowest BCUT2D eigenvalue weighted by atomic mass is 10.00. The molecule has 2 rings (SSSR count). The molecule has 3 heteroatoms. The van der Waals surface area contributed by atoms with Crippen LogP contribution >= 0.6 is 0 Å². The average Bonchev–Trinajstić information content (AvgIpc) is 2.51. The standard InChI is InChI=1S/C18H31N3/c1-3-4-7-16(19)13-20-17-8-10-18(11-9-17)21-12-5-6-15(2)14-21/h8-11,15-16,20H,3-7,12-14,19H2,1-2H3. The van der Waals surface area contributed by atoms with Gasteiger partial charge >= 0.3 is 0 Å². The van der Waals surface area contributed by atoms with Crippen molar-refractivity contribution >= 4 is 11.4 Å². The van der Waals surface area contributed by atoms with E-state index in [0.717, 1.165) is 18.9 Å². The zero-order chi connectivity index (χ0) is 15.1. The Kier molecular flexibility index (Phi) is 6.37. The molecule has 3 N–H and O–H groups in total. The molecular formula is C18H31N3. The third-order valence-corrected chi connectivity index (χ3v) is 4.39. The molecular weight excluding hydrogens is 258 g/mol. The third-order valence-electron chi connectivity index (χ3n) is 4.39. The number of nitrogens with one attached hydrogen (secondary N) is 1. The molecule has 0 amide bonds. The first-order valence-electron chi connectivity index (χ1n) is 8.53. The van der Waals surface area contributed by atoms with Crippen LogP contribution in [-0.2, 0) is 0 Å². The molecule has 1 aliphatic rings. The van der Waals surface area contributed by atoms with Gasteiger partial charge in [-0.25, -0.2) is 0 Å². The third kappa shape index (κ3) is 5.24. The summed E-state index contributed by atoms with van der Waals surface area (Å²) in [5.41, 5.74) is 8.63. The maximum absolute atomic E-state index is 6.10. The highest BCUT2D eigenvalue weighted by Crippen LogP contribution is 2.24. The molecule has 1 aliphatic heterocycles. The Balaban J connectivity index is 1.81. The fourth-order valence-electron chi connectivity index (χ4n) is 3.03. The van der Waals surface area contributed by atoms with E-state index in [1.54, 1.807) is 0 Å². The van der Waals surface area contributed by atoms with Crippen LogP contribution in [0.4, 0.5) is 11.4 Å². The van der Waals surface area contributed by atoms with Crippen LogP contribution in [0.5, 0.6) is 0 Å². The Labute approximate surface area is 129 Å². The maximum Gasteiger partial charge on any atom is 0.0367 e. The molecule has 1 aromatic carbocycles. The van der Waals surface area contributed by atoms with Gasteiger partial charge in [-0.15, -0.1) is 0 Å². The number of benzene rings is 1. The molecule has 1 heterocycles. The van der Waals surface area contributed by atoms with E-state index in [9.17, 15) is 0 Å². The first-order valence-corrected chi connectivity index (χ1v) is 8.53. The Bertz CT molecular complexity index is 401. The van der Waals surface area contributed by atoms with E-state index < -0.39 is 0 Å². The van der Waals surface area contributed by atoms with Crippen molar-refractivity contribution in [2.24, 2.45) is 11.7 Å². The van der Waals surface area contributed by atoms with E-state index in [-0.39, 0.29) is 6.04 Å². The molecule has 0 spiro atoms. The molecule has 118 valence electrons. The summed E-state index contributed by atoms with van der Waals surface area (Å²) in [5.74, 6) is 0.813. The molecule has 3 nitrogen and oxygen atoms in total. The quantitative estimate of drug-likeness (QED) is 0.801. The number of anilines is 2. The van der Waals surface area contributed by atoms with Crippen LogP contribution in [0.1, 0.15) is 46.0 Å². The fourth-order valence-corrected chi connectivity index (χ4v) is 3.03. The van der Waals surface area contributed by atoms with Gasteiger partial charge in [-0.2, -0.15) is 0 Å². The first kappa shape index (κ1) is 16.2. The van der Waals surface area contributed by atoms with Crippen molar-refractivity contribution in [1.82, 2.24) is 0 Å². The van der Waals surface area contributed by atoms with Gasteiger partial charge in [-0.1, -0.05) is 26.7 Å². The second-order valence-corrected chi connectivity index (χ2v) is 6.52. The monoisotopic (exact) mass is 289 g/mol. The number of unbranched alkanes of at least 4 members (excludes halogenated alkanes) is 1. The van der Waals surface area contributed by atoms with Gasteiger partial charge in [-0.05, 0) is 49.4 Å². The predicted molar refractivity (Wildman–Crippen MR) is 93.0 cm³/mol. The van der Waals surface area contributed by atoms with Crippen molar-refractivity contribution < 1.29 is 0 Å². The highest BCUT2D eigenvalue weighted by molar-refractivity contribution is 5.55. The van der Waals surface area contributed by atoms with Crippen LogP contribution in [-0.4, -0.2) is 25.7 Å². The molecule has 2 unspecified atom stereocenters. The largest absolute Gasteiger partial charge is 0.383 e. The minimum absolute atomic E-state index is 0.257. The van der Waals surface area contributed by atoms with Crippen LogP contribution in [0.2, 0.25) is 0 Å². The molecule has 1 fully saturated rings. The average molecular weight is 289 g/mol. The molecule has 1 aromatic rings. The summed E-state index contributed by atoms with van der Waals surface area (Å²) < 4.78 is 0. The second-order valence-electron chi connectivity index (χ2n) is 6.52. The topological polar surface area (TPSA) is 41.3 Å². The van der Waals surface area contributed by atoms with Gasteiger partial charge in [0, 0.05) is 37.1 Å². The van der Waals surface area contributed by atoms with Crippen molar-refractivity contribution in [3.63, 3.8) is 0 Å². The summed E-state index contributed by atoms with van der Waals surface area (Å²) in [5, 5.41) is 3.45. The Morgan fingerprint density at radius 2 is 2.10 bits per heavy atom. The van der Waals surface area contributed by atoms with Gasteiger partial charge in [-0.3, -0.25) is 0 Å². The lowest BCUT2D eigenvalue weighted by molar-refractivity contribution is 0.447. The second kappa shape index (κ2) is 8.28. The van der Waals surface area contributed by atoms with Gasteiger partial charge in [0.25, 0.3) is 0 Å². The maximum atomic E-state index is 6.10. The van der Waals surface area contributed by atoms with E-state index >= 15 is 0 Å². The normalized spacial score (nSPS) is 20.3. The Morgan fingerprint density at radius 1 is 1.33 bits per heavy atom. The van der Waals surface area contributed by atoms with E-state index in [0.29, 0.717) is 0 Å². The van der Waals surface area contributed by atoms with Gasteiger partial charge in [0.05, 0.1) is 0 Å². The van der Waals surface area contributed by atoms with Crippen molar-refractivity contribution in [1.29, 1.82) is 0 Å². The number of nitrogens with zero attached hydrogens (tertiary/aromatic N) is 1. The zero-order valence-corrected chi connectivity index (χ0v) is 13.6. The lowest BCUT2D eigenvalue weighted by Crippen LogP contribution is -2.34. The molecule has 21 heavy (non-hydrogen) atoms. The summed E-state index contributed by atoms with van der Waals surface area (Å²) >= 11 is 0. The molecule has 0 saturated carbocycles. The molecule has 1 saturated heterocycles. The van der Waals surface area contributed by atoms with Crippen molar-refractivity contribution in [3.8, 4) is 0 Å². The Hall–Kier alpha value is -1.22. The molecule has 2 atom stereocenters. The van der Waals surface area contributed by atoms with Crippen molar-refractivity contribution in [3.05, 3.63) is 24.3 Å². The van der Waals surface area contributed by atoms with Gasteiger partial charge in [0.1, 0.15) is 0 Å². The summed E-state index contributed by atoms with van der Waals surface area (Å²) in [7, 11) is 0. The summed E-state index contributed by atoms with van der Waals surface area (Å²) in [4.78, 5) is 2.50. The fraction of sp³-hybridized carbons (Fsp3) is 0.667. The number of rotatable bonds is 7. The van der Waals surface area contributed by atoms with Crippen LogP contribution in [0, 0.1) is 5.92 Å². The highest BCUT2D eigenvalue weighted by Gasteiger charge is 2.16. The van der Waals surface area contributed by atoms with Crippen molar-refractivity contribution in [2.45, 2.75) is 52.0 Å². The van der Waals surface area contributed by atoms with E-state index in [4.69, 9.17) is 5.73 Å². The summed E-state index contributed by atoms with van der Waals surface area (Å²) in [6.07, 6.45) is 6.22. The van der Waals surface area contributed by atoms with E-state index in [2.05, 4.69) is 48.3 Å². The first-order chi connectivity index (χ1) is 10.2. The van der Waals surface area contributed by atoms with E-state index in [1.807, 2.05) is 0 Å². The minimum Gasteiger partial charge on any atom is -0.383 e. The van der Waals surface area contributed by atoms with Crippen LogP contribution in [0.15, 0.2) is 24.3 Å². The molecule has 0 radical (unpaired) electrons. The SMILES string of the molecule is CCCCC(N)CNc1ccc(N2CCCC(C)C2)cc1. The Morgan fingerprint density at radius 3 is 2.76 bits per heavy atom. The number of nitrogens with two attached hydrogens (primary N) is 1. The van der Waals surface area contributed by atoms with E-state index in [1.165, 1.54) is 50.1 Å². The van der Waals surface area contributed by atoms with Crippen LogP contribution < -0.4 is 16.0 Å². The van der Waals surface area contributed by atoms with Gasteiger partial charge in [0.2, 0.25) is 0 Å². The lowest BCUT2D eigenvalue weighted by Gasteiger charge is -2.32. The number of hydrogen-bond donors (Lipinski definition) is 2.